The van der Waals surface area contributed by atoms with Crippen molar-refractivity contribution in [3.8, 4) is 0 Å². The first-order valence-corrected chi connectivity index (χ1v) is 5.56. The minimum absolute atomic E-state index is 0.00819. The summed E-state index contributed by atoms with van der Waals surface area (Å²) in [4.78, 5) is 2.36. The van der Waals surface area contributed by atoms with E-state index in [0.717, 1.165) is 19.7 Å². The van der Waals surface area contributed by atoms with Gasteiger partial charge in [-0.15, -0.1) is 0 Å². The lowest BCUT2D eigenvalue weighted by molar-refractivity contribution is -0.107. The van der Waals surface area contributed by atoms with Gasteiger partial charge in [-0.3, -0.25) is 4.90 Å². The molecule has 3 nitrogen and oxygen atoms in total. The number of rotatable bonds is 3. The number of ether oxygens (including phenoxy) is 1. The maximum absolute atomic E-state index is 9.90. The van der Waals surface area contributed by atoms with Crippen LogP contribution in [0.1, 0.15) is 27.7 Å². The molecule has 3 heteroatoms. The molecule has 14 heavy (non-hydrogen) atoms. The van der Waals surface area contributed by atoms with E-state index in [1.807, 2.05) is 13.8 Å². The van der Waals surface area contributed by atoms with Gasteiger partial charge in [0.05, 0.1) is 18.8 Å². The zero-order chi connectivity index (χ0) is 10.7. The predicted octanol–water partition coefficient (Wildman–Crippen LogP) is 1.11. The lowest BCUT2D eigenvalue weighted by Gasteiger charge is -2.38. The van der Waals surface area contributed by atoms with E-state index < -0.39 is 0 Å². The van der Waals surface area contributed by atoms with Crippen LogP contribution in [0.5, 0.6) is 0 Å². The summed E-state index contributed by atoms with van der Waals surface area (Å²) in [5.74, 6) is 0.270. The van der Waals surface area contributed by atoms with Crippen LogP contribution in [0, 0.1) is 5.92 Å². The fraction of sp³-hybridized carbons (Fsp3) is 1.00. The molecule has 1 fully saturated rings. The lowest BCUT2D eigenvalue weighted by atomic mass is 10.0. The molecule has 1 saturated heterocycles. The van der Waals surface area contributed by atoms with E-state index in [4.69, 9.17) is 4.74 Å². The summed E-state index contributed by atoms with van der Waals surface area (Å²) in [6.45, 7) is 11.0. The van der Waals surface area contributed by atoms with Crippen LogP contribution in [0.4, 0.5) is 0 Å². The molecule has 2 atom stereocenters. The summed E-state index contributed by atoms with van der Waals surface area (Å²) in [6.07, 6.45) is -0.345. The third-order valence-corrected chi connectivity index (χ3v) is 2.92. The Bertz CT molecular complexity index is 165. The maximum Gasteiger partial charge on any atom is 0.0963 e. The van der Waals surface area contributed by atoms with Crippen LogP contribution in [0.15, 0.2) is 0 Å². The molecule has 1 aliphatic heterocycles. The van der Waals surface area contributed by atoms with Gasteiger partial charge in [0.15, 0.2) is 0 Å². The zero-order valence-corrected chi connectivity index (χ0v) is 9.73. The van der Waals surface area contributed by atoms with Crippen molar-refractivity contribution < 1.29 is 9.84 Å². The van der Waals surface area contributed by atoms with Crippen molar-refractivity contribution in [2.75, 3.05) is 19.7 Å². The van der Waals surface area contributed by atoms with Crippen molar-refractivity contribution in [3.63, 3.8) is 0 Å². The molecule has 1 rings (SSSR count). The first kappa shape index (κ1) is 12.0. The molecule has 0 bridgehead atoms. The molecule has 0 amide bonds. The number of morpholine rings is 1. The van der Waals surface area contributed by atoms with Crippen LogP contribution in [0.25, 0.3) is 0 Å². The van der Waals surface area contributed by atoms with E-state index in [1.54, 1.807) is 0 Å². The molecule has 2 unspecified atom stereocenters. The molecule has 0 saturated carbocycles. The normalized spacial score (nSPS) is 27.2. The Morgan fingerprint density at radius 2 is 1.93 bits per heavy atom. The summed E-state index contributed by atoms with van der Waals surface area (Å²) < 4.78 is 5.59. The molecular weight excluding hydrogens is 178 g/mol. The van der Waals surface area contributed by atoms with Gasteiger partial charge >= 0.3 is 0 Å². The van der Waals surface area contributed by atoms with Gasteiger partial charge in [0.25, 0.3) is 0 Å². The van der Waals surface area contributed by atoms with Crippen LogP contribution < -0.4 is 0 Å². The Kier molecular flexibility index (Phi) is 4.35. The monoisotopic (exact) mass is 201 g/mol. The topological polar surface area (TPSA) is 32.7 Å². The summed E-state index contributed by atoms with van der Waals surface area (Å²) in [5.41, 5.74) is 0. The number of hydrogen-bond donors (Lipinski definition) is 1. The van der Waals surface area contributed by atoms with E-state index >= 15 is 0 Å². The molecule has 0 aromatic rings. The number of nitrogens with zero attached hydrogens (tertiary/aromatic N) is 1. The van der Waals surface area contributed by atoms with Crippen molar-refractivity contribution in [2.45, 2.75) is 45.9 Å². The van der Waals surface area contributed by atoms with E-state index in [1.165, 1.54) is 0 Å². The minimum Gasteiger partial charge on any atom is -0.390 e. The van der Waals surface area contributed by atoms with Gasteiger partial charge < -0.3 is 9.84 Å². The average molecular weight is 201 g/mol. The summed E-state index contributed by atoms with van der Waals surface area (Å²) in [7, 11) is 0. The molecule has 84 valence electrons. The highest BCUT2D eigenvalue weighted by Crippen LogP contribution is 2.16. The highest BCUT2D eigenvalue weighted by Gasteiger charge is 2.29. The molecule has 1 heterocycles. The first-order chi connectivity index (χ1) is 6.52. The van der Waals surface area contributed by atoms with Gasteiger partial charge in [-0.2, -0.15) is 0 Å². The van der Waals surface area contributed by atoms with Crippen LogP contribution in [0.3, 0.4) is 0 Å². The van der Waals surface area contributed by atoms with Crippen molar-refractivity contribution in [2.24, 2.45) is 5.92 Å². The molecule has 0 aromatic heterocycles. The lowest BCUT2D eigenvalue weighted by Crippen LogP contribution is -2.51. The smallest absolute Gasteiger partial charge is 0.0963 e. The van der Waals surface area contributed by atoms with Crippen LogP contribution in [-0.2, 0) is 4.74 Å². The van der Waals surface area contributed by atoms with Crippen molar-refractivity contribution in [1.29, 1.82) is 0 Å². The second-order valence-corrected chi connectivity index (χ2v) is 4.73. The van der Waals surface area contributed by atoms with Crippen molar-refractivity contribution in [1.82, 2.24) is 4.90 Å². The van der Waals surface area contributed by atoms with Gasteiger partial charge in [-0.1, -0.05) is 13.8 Å². The van der Waals surface area contributed by atoms with Crippen LogP contribution in [0.2, 0.25) is 0 Å². The maximum atomic E-state index is 9.90. The Morgan fingerprint density at radius 3 is 2.43 bits per heavy atom. The first-order valence-electron chi connectivity index (χ1n) is 5.56. The van der Waals surface area contributed by atoms with Gasteiger partial charge in [-0.25, -0.2) is 0 Å². The third-order valence-electron chi connectivity index (χ3n) is 2.92. The summed E-state index contributed by atoms with van der Waals surface area (Å²) in [6, 6.07) is 0.542. The second-order valence-electron chi connectivity index (χ2n) is 4.73. The highest BCUT2D eigenvalue weighted by molar-refractivity contribution is 4.80. The fourth-order valence-electron chi connectivity index (χ4n) is 1.80. The van der Waals surface area contributed by atoms with Crippen molar-refractivity contribution in [3.05, 3.63) is 0 Å². The Labute approximate surface area is 87.1 Å². The van der Waals surface area contributed by atoms with E-state index in [0.29, 0.717) is 6.04 Å². The quantitative estimate of drug-likeness (QED) is 0.742. The minimum atomic E-state index is -0.337. The zero-order valence-electron chi connectivity index (χ0n) is 9.73. The summed E-state index contributed by atoms with van der Waals surface area (Å²) in [5, 5.41) is 9.90. The third kappa shape index (κ3) is 2.94. The van der Waals surface area contributed by atoms with E-state index in [9.17, 15) is 5.11 Å². The van der Waals surface area contributed by atoms with E-state index in [2.05, 4.69) is 18.7 Å². The molecule has 0 radical (unpaired) electrons. The Morgan fingerprint density at radius 1 is 1.29 bits per heavy atom. The Hall–Kier alpha value is -0.120. The Balaban J connectivity index is 2.47. The van der Waals surface area contributed by atoms with Gasteiger partial charge in [0, 0.05) is 19.1 Å². The molecule has 0 spiro atoms. The molecule has 0 aliphatic carbocycles. The highest BCUT2D eigenvalue weighted by atomic mass is 16.5. The van der Waals surface area contributed by atoms with Gasteiger partial charge in [0.1, 0.15) is 0 Å². The largest absolute Gasteiger partial charge is 0.390 e. The van der Waals surface area contributed by atoms with Crippen LogP contribution in [-0.4, -0.2) is 48.0 Å². The molecular formula is C11H23NO2. The molecule has 0 aromatic carbocycles. The summed E-state index contributed by atoms with van der Waals surface area (Å²) >= 11 is 0. The molecule has 1 N–H and O–H groups in total. The standard InChI is InChI=1S/C11H23NO2/c1-8(2)11(13)10-7-12(9(3)4)5-6-14-10/h8-11,13H,5-7H2,1-4H3. The van der Waals surface area contributed by atoms with Gasteiger partial charge in [-0.05, 0) is 19.8 Å². The second kappa shape index (κ2) is 5.10. The van der Waals surface area contributed by atoms with Gasteiger partial charge in [0.2, 0.25) is 0 Å². The van der Waals surface area contributed by atoms with Crippen molar-refractivity contribution >= 4 is 0 Å². The predicted molar refractivity (Wildman–Crippen MR) is 57.3 cm³/mol. The molecule has 1 aliphatic rings. The van der Waals surface area contributed by atoms with E-state index in [-0.39, 0.29) is 18.1 Å². The SMILES string of the molecule is CC(C)C(O)C1CN(C(C)C)CCO1. The number of hydrogen-bond acceptors (Lipinski definition) is 3. The average Bonchev–Trinajstić information content (AvgIpc) is 2.16. The van der Waals surface area contributed by atoms with Crippen LogP contribution >= 0.6 is 0 Å². The number of aliphatic hydroxyl groups excluding tert-OH is 1. The number of aliphatic hydroxyl groups is 1. The fourth-order valence-corrected chi connectivity index (χ4v) is 1.80.